The van der Waals surface area contributed by atoms with E-state index in [1.807, 2.05) is 0 Å². The van der Waals surface area contributed by atoms with Crippen molar-refractivity contribution in [1.29, 1.82) is 0 Å². The quantitative estimate of drug-likeness (QED) is 0.157. The van der Waals surface area contributed by atoms with Gasteiger partial charge in [0.2, 0.25) is 0 Å². The van der Waals surface area contributed by atoms with Crippen LogP contribution in [0.2, 0.25) is 0 Å². The molecule has 0 amide bonds. The van der Waals surface area contributed by atoms with E-state index in [1.165, 1.54) is 181 Å². The average Bonchev–Trinajstić information content (AvgIpc) is 3.25. The number of benzene rings is 13. The lowest BCUT2D eigenvalue weighted by Crippen LogP contribution is -2.59. The molecule has 5 heterocycles. The molecule has 4 heteroatoms. The first-order valence-electron chi connectivity index (χ1n) is 27.4. The minimum Gasteiger partial charge on any atom is -0.310 e. The van der Waals surface area contributed by atoms with Crippen molar-refractivity contribution in [3.05, 3.63) is 243 Å². The third-order valence-corrected chi connectivity index (χ3v) is 18.6. The van der Waals surface area contributed by atoms with Crippen LogP contribution in [0.25, 0.3) is 171 Å². The normalized spacial score (nSPS) is 13.1. The van der Waals surface area contributed by atoms with Gasteiger partial charge in [0.1, 0.15) is 0 Å². The number of nitrogens with zero attached hydrogens (tertiary/aromatic N) is 3. The van der Waals surface area contributed by atoms with Crippen LogP contribution in [0.3, 0.4) is 0 Å². The van der Waals surface area contributed by atoms with Crippen molar-refractivity contribution in [2.75, 3.05) is 0 Å². The number of hydrogen-bond acceptors (Lipinski definition) is 0. The fourth-order valence-corrected chi connectivity index (χ4v) is 15.7. The molecule has 2 aliphatic heterocycles. The lowest BCUT2D eigenvalue weighted by atomic mass is 9.34. The van der Waals surface area contributed by atoms with Gasteiger partial charge in [0, 0.05) is 49.2 Å². The molecule has 354 valence electrons. The Bertz CT molecular complexity index is 5500. The third-order valence-electron chi connectivity index (χ3n) is 18.6. The van der Waals surface area contributed by atoms with Crippen LogP contribution in [0.1, 0.15) is 0 Å². The third kappa shape index (κ3) is 4.73. The fraction of sp³-hybridized carbons (Fsp3) is 0. The largest absolute Gasteiger partial charge is 0.310 e. The molecule has 3 nitrogen and oxygen atoms in total. The SMILES string of the molecule is c1ccc(-c2ccc3c(c2)c2cc(-c4ccccc4)cc4c2n3-c2cc(-n3c5cccc6c5c5c7c(cccc7ccc53)-c3ccccc3-6)cc3c2B4c2cc4cccc5c4c4c6c(cccc6n-3c24)-c2ccccc2-5)cc1. The molecule has 2 aliphatic carbocycles. The minimum atomic E-state index is -0.0714. The smallest absolute Gasteiger partial charge is 0.252 e. The van der Waals surface area contributed by atoms with Crippen molar-refractivity contribution in [3.8, 4) is 83.8 Å². The predicted octanol–water partition coefficient (Wildman–Crippen LogP) is 17.1. The van der Waals surface area contributed by atoms with E-state index in [4.69, 9.17) is 0 Å². The van der Waals surface area contributed by atoms with Crippen LogP contribution in [0.4, 0.5) is 0 Å². The molecule has 3 aromatic heterocycles. The number of fused-ring (bicyclic) bond motifs is 14. The standard InChI is InChI=1S/C74H40BN3/c1-3-15-41(16-4-1)44-32-33-60-56(35-44)57-36-46(42-17-5-2-6-18-42)38-58-73(57)77(60)64-39-47(76-61-29-13-27-54-50-23-9-7-21-48(50)52-25-11-19-43-31-34-63(76)70(66(43)52)68(54)61)40-65-72(64)75(58)59-37-45-20-12-26-53-49-22-8-10-24-51(49)55-28-14-30-62-69(55)71(67(45)53)74(59)78(62)65/h1-40H. The Hall–Kier alpha value is -10.2. The van der Waals surface area contributed by atoms with Gasteiger partial charge in [-0.05, 0) is 153 Å². The Morgan fingerprint density at radius 3 is 1.41 bits per heavy atom. The van der Waals surface area contributed by atoms with E-state index in [0.29, 0.717) is 0 Å². The van der Waals surface area contributed by atoms with Gasteiger partial charge in [-0.1, -0.05) is 194 Å². The van der Waals surface area contributed by atoms with Crippen molar-refractivity contribution in [3.63, 3.8) is 0 Å². The summed E-state index contributed by atoms with van der Waals surface area (Å²) in [5.41, 5.74) is 30.3. The van der Waals surface area contributed by atoms with Crippen molar-refractivity contribution in [2.24, 2.45) is 0 Å². The van der Waals surface area contributed by atoms with E-state index in [-0.39, 0.29) is 6.71 Å². The second-order valence-corrected chi connectivity index (χ2v) is 22.2. The van der Waals surface area contributed by atoms with Crippen LogP contribution in [0, 0.1) is 0 Å². The molecule has 0 saturated carbocycles. The lowest BCUT2D eigenvalue weighted by molar-refractivity contribution is 1.10. The van der Waals surface area contributed by atoms with Gasteiger partial charge in [-0.25, -0.2) is 0 Å². The highest BCUT2D eigenvalue weighted by Crippen LogP contribution is 2.53. The molecule has 0 spiro atoms. The Kier molecular flexibility index (Phi) is 7.22. The predicted molar refractivity (Wildman–Crippen MR) is 329 cm³/mol. The molecule has 0 bridgehead atoms. The van der Waals surface area contributed by atoms with Crippen molar-refractivity contribution in [1.82, 2.24) is 13.7 Å². The second-order valence-electron chi connectivity index (χ2n) is 22.2. The molecule has 0 radical (unpaired) electrons. The monoisotopic (exact) mass is 981 g/mol. The van der Waals surface area contributed by atoms with Crippen molar-refractivity contribution >= 4 is 110 Å². The Morgan fingerprint density at radius 2 is 0.744 bits per heavy atom. The highest BCUT2D eigenvalue weighted by Gasteiger charge is 2.43. The summed E-state index contributed by atoms with van der Waals surface area (Å²) in [6.45, 7) is -0.0714. The van der Waals surface area contributed by atoms with Crippen LogP contribution in [0.5, 0.6) is 0 Å². The highest BCUT2D eigenvalue weighted by atomic mass is 15.1. The number of hydrogen-bond donors (Lipinski definition) is 0. The Balaban J connectivity index is 1.00. The van der Waals surface area contributed by atoms with Crippen molar-refractivity contribution < 1.29 is 0 Å². The van der Waals surface area contributed by atoms with Gasteiger partial charge in [0.15, 0.2) is 0 Å². The first-order valence-corrected chi connectivity index (χ1v) is 27.4. The molecule has 0 atom stereocenters. The zero-order valence-corrected chi connectivity index (χ0v) is 42.0. The summed E-state index contributed by atoms with van der Waals surface area (Å²) in [5, 5.41) is 13.1. The van der Waals surface area contributed by atoms with Gasteiger partial charge >= 0.3 is 0 Å². The second kappa shape index (κ2) is 14.0. The molecule has 0 N–H and O–H groups in total. The van der Waals surface area contributed by atoms with Gasteiger partial charge < -0.3 is 13.7 Å². The Morgan fingerprint density at radius 1 is 0.256 bits per heavy atom. The average molecular weight is 982 g/mol. The molecular formula is C74H40BN3. The van der Waals surface area contributed by atoms with Gasteiger partial charge in [0.05, 0.1) is 33.3 Å². The number of aromatic nitrogens is 3. The van der Waals surface area contributed by atoms with Crippen LogP contribution >= 0.6 is 0 Å². The molecule has 13 aromatic carbocycles. The minimum absolute atomic E-state index is 0.0714. The zero-order valence-electron chi connectivity index (χ0n) is 42.0. The molecule has 0 saturated heterocycles. The Labute approximate surface area is 447 Å². The van der Waals surface area contributed by atoms with E-state index in [1.54, 1.807) is 0 Å². The molecule has 0 unspecified atom stereocenters. The van der Waals surface area contributed by atoms with Crippen LogP contribution in [-0.2, 0) is 0 Å². The first-order chi connectivity index (χ1) is 38.7. The summed E-state index contributed by atoms with van der Waals surface area (Å²) in [6, 6.07) is 92.7. The van der Waals surface area contributed by atoms with Crippen molar-refractivity contribution in [2.45, 2.75) is 0 Å². The molecule has 4 aliphatic rings. The van der Waals surface area contributed by atoms with Crippen LogP contribution < -0.4 is 16.4 Å². The highest BCUT2D eigenvalue weighted by molar-refractivity contribution is 7.00. The summed E-state index contributed by atoms with van der Waals surface area (Å²) in [7, 11) is 0. The maximum Gasteiger partial charge on any atom is 0.252 e. The zero-order chi connectivity index (χ0) is 50.2. The van der Waals surface area contributed by atoms with Gasteiger partial charge in [-0.2, -0.15) is 0 Å². The van der Waals surface area contributed by atoms with E-state index in [0.717, 1.165) is 5.69 Å². The maximum absolute atomic E-state index is 2.70. The molecule has 78 heavy (non-hydrogen) atoms. The summed E-state index contributed by atoms with van der Waals surface area (Å²) in [4.78, 5) is 0. The van der Waals surface area contributed by atoms with Gasteiger partial charge in [0.25, 0.3) is 6.71 Å². The molecule has 0 fully saturated rings. The summed E-state index contributed by atoms with van der Waals surface area (Å²) in [6.07, 6.45) is 0. The lowest BCUT2D eigenvalue weighted by Gasteiger charge is -2.35. The van der Waals surface area contributed by atoms with Crippen LogP contribution in [-0.4, -0.2) is 20.4 Å². The summed E-state index contributed by atoms with van der Waals surface area (Å²) < 4.78 is 7.96. The van der Waals surface area contributed by atoms with Crippen LogP contribution in [0.15, 0.2) is 243 Å². The van der Waals surface area contributed by atoms with Gasteiger partial charge in [-0.15, -0.1) is 0 Å². The van der Waals surface area contributed by atoms with E-state index in [2.05, 4.69) is 256 Å². The van der Waals surface area contributed by atoms with E-state index >= 15 is 0 Å². The maximum atomic E-state index is 2.70. The van der Waals surface area contributed by atoms with Gasteiger partial charge in [-0.3, -0.25) is 0 Å². The molecular weight excluding hydrogens is 942 g/mol. The molecule has 20 rings (SSSR count). The number of rotatable bonds is 3. The fourth-order valence-electron chi connectivity index (χ4n) is 15.7. The topological polar surface area (TPSA) is 14.8 Å². The van der Waals surface area contributed by atoms with E-state index in [9.17, 15) is 0 Å². The molecule has 16 aromatic rings. The summed E-state index contributed by atoms with van der Waals surface area (Å²) >= 11 is 0. The first kappa shape index (κ1) is 40.2. The summed E-state index contributed by atoms with van der Waals surface area (Å²) in [5.74, 6) is 0. The van der Waals surface area contributed by atoms with E-state index < -0.39 is 0 Å².